The lowest BCUT2D eigenvalue weighted by molar-refractivity contribution is -0.384. The van der Waals surface area contributed by atoms with E-state index >= 15 is 0 Å². The number of hydrogen-bond donors (Lipinski definition) is 1. The van der Waals surface area contributed by atoms with Crippen molar-refractivity contribution in [2.45, 2.75) is 13.0 Å². The Kier molecular flexibility index (Phi) is 5.02. The smallest absolute Gasteiger partial charge is 0.271 e. The summed E-state index contributed by atoms with van der Waals surface area (Å²) in [5.74, 6) is -0.300. The van der Waals surface area contributed by atoms with E-state index < -0.39 is 10.5 Å². The van der Waals surface area contributed by atoms with Crippen molar-refractivity contribution in [3.63, 3.8) is 0 Å². The SMILES string of the molecule is O=C(Cn1cnc2cc([N+](=O)[O-])ccc2c1=O)NCCc1ccccc1. The number of amides is 1. The lowest BCUT2D eigenvalue weighted by Gasteiger charge is -2.08. The minimum absolute atomic E-state index is 0.138. The summed E-state index contributed by atoms with van der Waals surface area (Å²) in [6.45, 7) is 0.304. The van der Waals surface area contributed by atoms with Gasteiger partial charge >= 0.3 is 0 Å². The maximum Gasteiger partial charge on any atom is 0.271 e. The molecule has 1 N–H and O–H groups in total. The second-order valence-electron chi connectivity index (χ2n) is 5.72. The third-order valence-electron chi connectivity index (χ3n) is 3.91. The summed E-state index contributed by atoms with van der Waals surface area (Å²) in [7, 11) is 0. The number of hydrogen-bond acceptors (Lipinski definition) is 5. The van der Waals surface area contributed by atoms with E-state index in [0.29, 0.717) is 13.0 Å². The van der Waals surface area contributed by atoms with Crippen LogP contribution in [0.4, 0.5) is 5.69 Å². The monoisotopic (exact) mass is 352 g/mol. The van der Waals surface area contributed by atoms with E-state index in [1.807, 2.05) is 30.3 Å². The molecule has 132 valence electrons. The van der Waals surface area contributed by atoms with Crippen molar-refractivity contribution in [3.05, 3.63) is 80.9 Å². The number of rotatable bonds is 6. The summed E-state index contributed by atoms with van der Waals surface area (Å²) in [4.78, 5) is 38.7. The quantitative estimate of drug-likeness (QED) is 0.536. The predicted octanol–water partition coefficient (Wildman–Crippen LogP) is 1.66. The summed E-state index contributed by atoms with van der Waals surface area (Å²) in [6.07, 6.45) is 1.92. The van der Waals surface area contributed by atoms with Crippen LogP contribution >= 0.6 is 0 Å². The van der Waals surface area contributed by atoms with Crippen LogP contribution in [-0.2, 0) is 17.8 Å². The molecule has 0 unspecified atom stereocenters. The van der Waals surface area contributed by atoms with Crippen molar-refractivity contribution < 1.29 is 9.72 Å². The number of carbonyl (C=O) groups is 1. The fourth-order valence-electron chi connectivity index (χ4n) is 2.57. The molecule has 1 aromatic heterocycles. The van der Waals surface area contributed by atoms with Crippen molar-refractivity contribution in [3.8, 4) is 0 Å². The molecule has 8 heteroatoms. The van der Waals surface area contributed by atoms with Gasteiger partial charge in [-0.15, -0.1) is 0 Å². The van der Waals surface area contributed by atoms with Gasteiger partial charge in [0.05, 0.1) is 22.2 Å². The fourth-order valence-corrected chi connectivity index (χ4v) is 2.57. The topological polar surface area (TPSA) is 107 Å². The molecule has 0 atom stereocenters. The Labute approximate surface area is 148 Å². The predicted molar refractivity (Wildman–Crippen MR) is 95.8 cm³/mol. The number of nitrogens with zero attached hydrogens (tertiary/aromatic N) is 3. The van der Waals surface area contributed by atoms with Crippen LogP contribution in [0, 0.1) is 10.1 Å². The average molecular weight is 352 g/mol. The van der Waals surface area contributed by atoms with E-state index in [4.69, 9.17) is 0 Å². The first-order chi connectivity index (χ1) is 12.5. The van der Waals surface area contributed by atoms with Crippen molar-refractivity contribution in [2.24, 2.45) is 0 Å². The Morgan fingerprint density at radius 1 is 1.19 bits per heavy atom. The minimum Gasteiger partial charge on any atom is -0.354 e. The highest BCUT2D eigenvalue weighted by Crippen LogP contribution is 2.16. The molecule has 8 nitrogen and oxygen atoms in total. The summed E-state index contributed by atoms with van der Waals surface area (Å²) in [5.41, 5.74) is 0.785. The van der Waals surface area contributed by atoms with Crippen LogP contribution in [0.5, 0.6) is 0 Å². The standard InChI is InChI=1S/C18H16N4O4/c23-17(19-9-8-13-4-2-1-3-5-13)11-21-12-20-16-10-14(22(25)26)6-7-15(16)18(21)24/h1-7,10,12H,8-9,11H2,(H,19,23). The third kappa shape index (κ3) is 3.92. The molecule has 0 radical (unpaired) electrons. The van der Waals surface area contributed by atoms with Gasteiger partial charge in [-0.05, 0) is 18.1 Å². The number of benzene rings is 2. The number of nitro benzene ring substituents is 1. The molecule has 0 aliphatic carbocycles. The molecule has 3 rings (SSSR count). The lowest BCUT2D eigenvalue weighted by atomic mass is 10.1. The first kappa shape index (κ1) is 17.3. The first-order valence-corrected chi connectivity index (χ1v) is 7.99. The van der Waals surface area contributed by atoms with Gasteiger partial charge in [-0.1, -0.05) is 30.3 Å². The van der Waals surface area contributed by atoms with Crippen LogP contribution < -0.4 is 10.9 Å². The molecule has 0 saturated carbocycles. The zero-order chi connectivity index (χ0) is 18.5. The van der Waals surface area contributed by atoms with Crippen molar-refractivity contribution >= 4 is 22.5 Å². The number of aromatic nitrogens is 2. The number of fused-ring (bicyclic) bond motifs is 1. The molecule has 0 aliphatic rings. The zero-order valence-electron chi connectivity index (χ0n) is 13.8. The van der Waals surface area contributed by atoms with Gasteiger partial charge in [-0.3, -0.25) is 24.3 Å². The Hall–Kier alpha value is -3.55. The molecule has 0 aliphatic heterocycles. The normalized spacial score (nSPS) is 10.6. The highest BCUT2D eigenvalue weighted by atomic mass is 16.6. The van der Waals surface area contributed by atoms with Crippen molar-refractivity contribution in [2.75, 3.05) is 6.54 Å². The van der Waals surface area contributed by atoms with Crippen molar-refractivity contribution in [1.82, 2.24) is 14.9 Å². The van der Waals surface area contributed by atoms with E-state index in [9.17, 15) is 19.7 Å². The van der Waals surface area contributed by atoms with Gasteiger partial charge in [0.15, 0.2) is 0 Å². The Bertz CT molecular complexity index is 1010. The van der Waals surface area contributed by atoms with Crippen LogP contribution in [-0.4, -0.2) is 26.9 Å². The molecule has 0 saturated heterocycles. The third-order valence-corrected chi connectivity index (χ3v) is 3.91. The second kappa shape index (κ2) is 7.56. The second-order valence-corrected chi connectivity index (χ2v) is 5.72. The minimum atomic E-state index is -0.549. The van der Waals surface area contributed by atoms with Crippen LogP contribution in [0.3, 0.4) is 0 Å². The van der Waals surface area contributed by atoms with Gasteiger partial charge in [-0.2, -0.15) is 0 Å². The highest BCUT2D eigenvalue weighted by molar-refractivity contribution is 5.80. The van der Waals surface area contributed by atoms with Gasteiger partial charge in [0.1, 0.15) is 6.54 Å². The summed E-state index contributed by atoms with van der Waals surface area (Å²) < 4.78 is 1.19. The number of nitrogens with one attached hydrogen (secondary N) is 1. The molecule has 0 bridgehead atoms. The van der Waals surface area contributed by atoms with E-state index in [1.165, 1.54) is 29.1 Å². The van der Waals surface area contributed by atoms with Gasteiger partial charge in [-0.25, -0.2) is 4.98 Å². The van der Waals surface area contributed by atoms with E-state index in [-0.39, 0.29) is 29.0 Å². The molecule has 0 spiro atoms. The van der Waals surface area contributed by atoms with Gasteiger partial charge in [0.25, 0.3) is 11.2 Å². The van der Waals surface area contributed by atoms with Gasteiger partial charge in [0.2, 0.25) is 5.91 Å². The first-order valence-electron chi connectivity index (χ1n) is 7.99. The summed E-state index contributed by atoms with van der Waals surface area (Å²) >= 11 is 0. The fraction of sp³-hybridized carbons (Fsp3) is 0.167. The molecule has 3 aromatic rings. The van der Waals surface area contributed by atoms with Gasteiger partial charge in [0, 0.05) is 18.7 Å². The molecule has 26 heavy (non-hydrogen) atoms. The highest BCUT2D eigenvalue weighted by Gasteiger charge is 2.12. The van der Waals surface area contributed by atoms with E-state index in [0.717, 1.165) is 5.56 Å². The zero-order valence-corrected chi connectivity index (χ0v) is 13.8. The number of nitro groups is 1. The van der Waals surface area contributed by atoms with E-state index in [1.54, 1.807) is 0 Å². The number of carbonyl (C=O) groups excluding carboxylic acids is 1. The summed E-state index contributed by atoms with van der Waals surface area (Å²) in [6, 6.07) is 13.6. The number of non-ortho nitro benzene ring substituents is 1. The molecule has 1 amide bonds. The molecular formula is C18H16N4O4. The van der Waals surface area contributed by atoms with Crippen LogP contribution in [0.1, 0.15) is 5.56 Å². The summed E-state index contributed by atoms with van der Waals surface area (Å²) in [5, 5.41) is 13.8. The van der Waals surface area contributed by atoms with E-state index in [2.05, 4.69) is 10.3 Å². The Morgan fingerprint density at radius 2 is 1.96 bits per heavy atom. The van der Waals surface area contributed by atoms with Crippen LogP contribution in [0.15, 0.2) is 59.7 Å². The average Bonchev–Trinajstić information content (AvgIpc) is 2.64. The van der Waals surface area contributed by atoms with Gasteiger partial charge < -0.3 is 5.32 Å². The molecule has 0 fully saturated rings. The maximum absolute atomic E-state index is 12.4. The lowest BCUT2D eigenvalue weighted by Crippen LogP contribution is -2.33. The Morgan fingerprint density at radius 3 is 2.69 bits per heavy atom. The molecule has 1 heterocycles. The van der Waals surface area contributed by atoms with Crippen LogP contribution in [0.25, 0.3) is 10.9 Å². The molecular weight excluding hydrogens is 336 g/mol. The molecule has 2 aromatic carbocycles. The Balaban J connectivity index is 1.67. The maximum atomic E-state index is 12.4. The largest absolute Gasteiger partial charge is 0.354 e. The van der Waals surface area contributed by atoms with Crippen LogP contribution in [0.2, 0.25) is 0 Å². The van der Waals surface area contributed by atoms with Crippen molar-refractivity contribution in [1.29, 1.82) is 0 Å².